The van der Waals surface area contributed by atoms with Gasteiger partial charge in [-0.3, -0.25) is 4.98 Å². The minimum absolute atomic E-state index is 0.532. The van der Waals surface area contributed by atoms with Gasteiger partial charge in [0.1, 0.15) is 0 Å². The maximum Gasteiger partial charge on any atom is 0.0438 e. The number of nitrogens with two attached hydrogens (primary N) is 1. The molecule has 1 aromatic rings. The van der Waals surface area contributed by atoms with Crippen molar-refractivity contribution < 1.29 is 0 Å². The van der Waals surface area contributed by atoms with Crippen molar-refractivity contribution in [3.8, 4) is 0 Å². The molecular formula is C11H18N2. The Labute approximate surface area is 80.2 Å². The highest BCUT2D eigenvalue weighted by molar-refractivity contribution is 5.13. The molecule has 13 heavy (non-hydrogen) atoms. The summed E-state index contributed by atoms with van der Waals surface area (Å²) in [4.78, 5) is 4.51. The molecule has 2 nitrogen and oxygen atoms in total. The van der Waals surface area contributed by atoms with Crippen molar-refractivity contribution in [2.75, 3.05) is 6.54 Å². The summed E-state index contributed by atoms with van der Waals surface area (Å²) in [5.74, 6) is 0.532. The Hall–Kier alpha value is -0.890. The van der Waals surface area contributed by atoms with Crippen LogP contribution in [-0.2, 0) is 0 Å². The molecule has 0 aromatic carbocycles. The van der Waals surface area contributed by atoms with Crippen molar-refractivity contribution in [1.29, 1.82) is 0 Å². The molecule has 0 aliphatic carbocycles. The van der Waals surface area contributed by atoms with Gasteiger partial charge in [0.2, 0.25) is 0 Å². The predicted octanol–water partition coefficient (Wildman–Crippen LogP) is 2.23. The highest BCUT2D eigenvalue weighted by Gasteiger charge is 2.08. The van der Waals surface area contributed by atoms with E-state index in [1.165, 1.54) is 5.69 Å². The fourth-order valence-electron chi connectivity index (χ4n) is 1.55. The van der Waals surface area contributed by atoms with Crippen LogP contribution in [-0.4, -0.2) is 11.5 Å². The quantitative estimate of drug-likeness (QED) is 0.768. The molecule has 0 bridgehead atoms. The zero-order valence-electron chi connectivity index (χ0n) is 8.46. The SMILES string of the molecule is CCC(CCN)c1cccc(C)n1. The molecule has 0 saturated heterocycles. The Morgan fingerprint density at radius 1 is 1.46 bits per heavy atom. The van der Waals surface area contributed by atoms with Crippen molar-refractivity contribution in [2.45, 2.75) is 32.6 Å². The van der Waals surface area contributed by atoms with Gasteiger partial charge in [-0.1, -0.05) is 13.0 Å². The maximum atomic E-state index is 5.55. The van der Waals surface area contributed by atoms with Crippen LogP contribution >= 0.6 is 0 Å². The van der Waals surface area contributed by atoms with Crippen molar-refractivity contribution in [2.24, 2.45) is 5.73 Å². The number of hydrogen-bond donors (Lipinski definition) is 1. The molecular weight excluding hydrogens is 160 g/mol. The second-order valence-corrected chi connectivity index (χ2v) is 3.39. The molecule has 1 atom stereocenters. The summed E-state index contributed by atoms with van der Waals surface area (Å²) >= 11 is 0. The van der Waals surface area contributed by atoms with Crippen LogP contribution in [0.15, 0.2) is 18.2 Å². The van der Waals surface area contributed by atoms with Crippen LogP contribution in [0.1, 0.15) is 37.1 Å². The summed E-state index contributed by atoms with van der Waals surface area (Å²) in [5, 5.41) is 0. The first-order valence-corrected chi connectivity index (χ1v) is 4.91. The lowest BCUT2D eigenvalue weighted by Crippen LogP contribution is -2.08. The van der Waals surface area contributed by atoms with Gasteiger partial charge < -0.3 is 5.73 Å². The first-order chi connectivity index (χ1) is 6.27. The van der Waals surface area contributed by atoms with Crippen LogP contribution in [0.4, 0.5) is 0 Å². The van der Waals surface area contributed by atoms with Crippen LogP contribution in [0, 0.1) is 6.92 Å². The van der Waals surface area contributed by atoms with Gasteiger partial charge in [0.15, 0.2) is 0 Å². The average Bonchev–Trinajstić information content (AvgIpc) is 2.14. The molecule has 72 valence electrons. The van der Waals surface area contributed by atoms with Crippen LogP contribution in [0.2, 0.25) is 0 Å². The zero-order valence-corrected chi connectivity index (χ0v) is 8.46. The van der Waals surface area contributed by atoms with Gasteiger partial charge in [0.25, 0.3) is 0 Å². The number of hydrogen-bond acceptors (Lipinski definition) is 2. The Bertz CT molecular complexity index is 258. The van der Waals surface area contributed by atoms with Crippen LogP contribution in [0.5, 0.6) is 0 Å². The predicted molar refractivity (Wildman–Crippen MR) is 55.7 cm³/mol. The Kier molecular flexibility index (Phi) is 3.90. The van der Waals surface area contributed by atoms with Crippen LogP contribution < -0.4 is 5.73 Å². The molecule has 0 spiro atoms. The first kappa shape index (κ1) is 10.2. The highest BCUT2D eigenvalue weighted by atomic mass is 14.7. The third kappa shape index (κ3) is 2.81. The topological polar surface area (TPSA) is 38.9 Å². The van der Waals surface area contributed by atoms with Crippen molar-refractivity contribution in [3.05, 3.63) is 29.6 Å². The third-order valence-electron chi connectivity index (χ3n) is 2.34. The van der Waals surface area contributed by atoms with Gasteiger partial charge in [-0.2, -0.15) is 0 Å². The summed E-state index contributed by atoms with van der Waals surface area (Å²) in [5.41, 5.74) is 7.83. The summed E-state index contributed by atoms with van der Waals surface area (Å²) < 4.78 is 0. The monoisotopic (exact) mass is 178 g/mol. The van der Waals surface area contributed by atoms with E-state index in [1.807, 2.05) is 13.0 Å². The third-order valence-corrected chi connectivity index (χ3v) is 2.34. The molecule has 0 aliphatic rings. The fraction of sp³-hybridized carbons (Fsp3) is 0.545. The molecule has 0 amide bonds. The molecule has 0 radical (unpaired) electrons. The number of rotatable bonds is 4. The number of aryl methyl sites for hydroxylation is 1. The summed E-state index contributed by atoms with van der Waals surface area (Å²) in [7, 11) is 0. The van der Waals surface area contributed by atoms with Gasteiger partial charge in [-0.25, -0.2) is 0 Å². The molecule has 1 rings (SSSR count). The molecule has 0 fully saturated rings. The number of aromatic nitrogens is 1. The summed E-state index contributed by atoms with van der Waals surface area (Å²) in [6, 6.07) is 6.19. The van der Waals surface area contributed by atoms with Gasteiger partial charge in [-0.15, -0.1) is 0 Å². The average molecular weight is 178 g/mol. The lowest BCUT2D eigenvalue weighted by Gasteiger charge is -2.13. The smallest absolute Gasteiger partial charge is 0.0438 e. The largest absolute Gasteiger partial charge is 0.330 e. The maximum absolute atomic E-state index is 5.55. The van der Waals surface area contributed by atoms with Crippen LogP contribution in [0.3, 0.4) is 0 Å². The minimum atomic E-state index is 0.532. The Morgan fingerprint density at radius 3 is 2.77 bits per heavy atom. The molecule has 1 heterocycles. The van der Waals surface area contributed by atoms with E-state index in [2.05, 4.69) is 24.0 Å². The van der Waals surface area contributed by atoms with Gasteiger partial charge in [-0.05, 0) is 38.4 Å². The molecule has 1 aromatic heterocycles. The minimum Gasteiger partial charge on any atom is -0.330 e. The lowest BCUT2D eigenvalue weighted by atomic mass is 9.98. The lowest BCUT2D eigenvalue weighted by molar-refractivity contribution is 0.597. The van der Waals surface area contributed by atoms with E-state index in [4.69, 9.17) is 5.73 Å². The second-order valence-electron chi connectivity index (χ2n) is 3.39. The van der Waals surface area contributed by atoms with Gasteiger partial charge >= 0.3 is 0 Å². The van der Waals surface area contributed by atoms with Crippen LogP contribution in [0.25, 0.3) is 0 Å². The molecule has 0 aliphatic heterocycles. The van der Waals surface area contributed by atoms with E-state index in [0.717, 1.165) is 25.1 Å². The van der Waals surface area contributed by atoms with E-state index < -0.39 is 0 Å². The van der Waals surface area contributed by atoms with E-state index in [0.29, 0.717) is 5.92 Å². The van der Waals surface area contributed by atoms with Gasteiger partial charge in [0.05, 0.1) is 0 Å². The zero-order chi connectivity index (χ0) is 9.68. The Morgan fingerprint density at radius 2 is 2.23 bits per heavy atom. The normalized spacial score (nSPS) is 12.8. The summed E-state index contributed by atoms with van der Waals surface area (Å²) in [6.45, 7) is 4.96. The number of nitrogens with zero attached hydrogens (tertiary/aromatic N) is 1. The van der Waals surface area contributed by atoms with E-state index in [-0.39, 0.29) is 0 Å². The van der Waals surface area contributed by atoms with Crippen molar-refractivity contribution in [1.82, 2.24) is 4.98 Å². The fourth-order valence-corrected chi connectivity index (χ4v) is 1.55. The van der Waals surface area contributed by atoms with E-state index in [9.17, 15) is 0 Å². The standard InChI is InChI=1S/C11H18N2/c1-3-10(7-8-12)11-6-4-5-9(2)13-11/h4-6,10H,3,7-8,12H2,1-2H3. The molecule has 0 saturated carbocycles. The van der Waals surface area contributed by atoms with E-state index in [1.54, 1.807) is 0 Å². The summed E-state index contributed by atoms with van der Waals surface area (Å²) in [6.07, 6.45) is 2.15. The molecule has 2 N–H and O–H groups in total. The van der Waals surface area contributed by atoms with Crippen molar-refractivity contribution >= 4 is 0 Å². The van der Waals surface area contributed by atoms with Crippen molar-refractivity contribution in [3.63, 3.8) is 0 Å². The Balaban J connectivity index is 2.78. The van der Waals surface area contributed by atoms with Gasteiger partial charge in [0, 0.05) is 17.3 Å². The molecule has 1 unspecified atom stereocenters. The first-order valence-electron chi connectivity index (χ1n) is 4.91. The highest BCUT2D eigenvalue weighted by Crippen LogP contribution is 2.20. The second kappa shape index (κ2) is 4.97. The molecule has 2 heteroatoms. The van der Waals surface area contributed by atoms with E-state index >= 15 is 0 Å². The number of pyridine rings is 1.